The summed E-state index contributed by atoms with van der Waals surface area (Å²) in [4.78, 5) is 0.0443. The topological polar surface area (TPSA) is 46.2 Å². The van der Waals surface area contributed by atoms with Crippen LogP contribution in [0.2, 0.25) is 0 Å². The van der Waals surface area contributed by atoms with Gasteiger partial charge in [-0.15, -0.1) is 0 Å². The van der Waals surface area contributed by atoms with Crippen molar-refractivity contribution in [3.8, 4) is 0 Å². The molecule has 2 aromatic carbocycles. The highest BCUT2D eigenvalue weighted by atomic mass is 79.9. The smallest absolute Gasteiger partial charge is 0.207 e. The first-order valence-corrected chi connectivity index (χ1v) is 8.19. The van der Waals surface area contributed by atoms with E-state index in [1.807, 2.05) is 24.3 Å². The molecule has 0 aliphatic carbocycles. The number of halogens is 2. The highest BCUT2D eigenvalue weighted by Gasteiger charge is 2.18. The third-order valence-corrected chi connectivity index (χ3v) is 4.91. The number of benzene rings is 2. The molecule has 106 valence electrons. The zero-order valence-corrected chi connectivity index (χ0v) is 13.1. The van der Waals surface area contributed by atoms with Crippen LogP contribution in [0, 0.1) is 5.82 Å². The Kier molecular flexibility index (Phi) is 4.57. The van der Waals surface area contributed by atoms with Gasteiger partial charge in [-0.3, -0.25) is 0 Å². The second-order valence-corrected chi connectivity index (χ2v) is 6.98. The lowest BCUT2D eigenvalue weighted by atomic mass is 10.1. The van der Waals surface area contributed by atoms with Gasteiger partial charge in [0.1, 0.15) is 5.82 Å². The fourth-order valence-corrected chi connectivity index (χ4v) is 3.23. The van der Waals surface area contributed by atoms with E-state index in [0.29, 0.717) is 0 Å². The molecular formula is C14H13BrFNO2S. The number of hydrogen-bond acceptors (Lipinski definition) is 2. The lowest BCUT2D eigenvalue weighted by molar-refractivity contribution is 0.566. The minimum Gasteiger partial charge on any atom is -0.207 e. The fourth-order valence-electron chi connectivity index (χ4n) is 1.73. The van der Waals surface area contributed by atoms with Crippen LogP contribution in [0.5, 0.6) is 0 Å². The van der Waals surface area contributed by atoms with Gasteiger partial charge >= 0.3 is 0 Å². The van der Waals surface area contributed by atoms with E-state index in [0.717, 1.165) is 22.2 Å². The Labute approximate surface area is 126 Å². The van der Waals surface area contributed by atoms with Crippen molar-refractivity contribution in [2.45, 2.75) is 17.9 Å². The second kappa shape index (κ2) is 6.03. The zero-order chi connectivity index (χ0) is 14.8. The first-order chi connectivity index (χ1) is 9.38. The quantitative estimate of drug-likeness (QED) is 0.907. The summed E-state index contributed by atoms with van der Waals surface area (Å²) in [6, 6.07) is 11.7. The zero-order valence-electron chi connectivity index (χ0n) is 10.7. The minimum absolute atomic E-state index is 0.0443. The van der Waals surface area contributed by atoms with E-state index in [9.17, 15) is 12.8 Å². The van der Waals surface area contributed by atoms with Crippen LogP contribution in [0.1, 0.15) is 18.5 Å². The molecule has 2 rings (SSSR count). The van der Waals surface area contributed by atoms with Crippen molar-refractivity contribution in [2.75, 3.05) is 0 Å². The third-order valence-electron chi connectivity index (χ3n) is 2.83. The van der Waals surface area contributed by atoms with Gasteiger partial charge in [0.25, 0.3) is 0 Å². The van der Waals surface area contributed by atoms with Crippen LogP contribution in [0.3, 0.4) is 0 Å². The molecule has 0 radical (unpaired) electrons. The van der Waals surface area contributed by atoms with Gasteiger partial charge in [0, 0.05) is 10.5 Å². The predicted octanol–water partition coefficient (Wildman–Crippen LogP) is 3.63. The molecule has 0 saturated carbocycles. The molecule has 1 atom stereocenters. The van der Waals surface area contributed by atoms with Crippen LogP contribution < -0.4 is 4.72 Å². The molecule has 0 aliphatic rings. The summed E-state index contributed by atoms with van der Waals surface area (Å²) in [5.74, 6) is -0.468. The number of nitrogens with one attached hydrogen (secondary N) is 1. The maximum Gasteiger partial charge on any atom is 0.241 e. The van der Waals surface area contributed by atoms with Crippen molar-refractivity contribution in [3.63, 3.8) is 0 Å². The molecule has 1 N–H and O–H groups in total. The molecule has 2 aromatic rings. The van der Waals surface area contributed by atoms with Gasteiger partial charge < -0.3 is 0 Å². The molecule has 0 saturated heterocycles. The monoisotopic (exact) mass is 357 g/mol. The molecule has 0 aliphatic heterocycles. The van der Waals surface area contributed by atoms with Crippen molar-refractivity contribution < 1.29 is 12.8 Å². The van der Waals surface area contributed by atoms with Crippen LogP contribution in [0.25, 0.3) is 0 Å². The van der Waals surface area contributed by atoms with Gasteiger partial charge in [-0.2, -0.15) is 0 Å². The molecule has 0 bridgehead atoms. The summed E-state index contributed by atoms with van der Waals surface area (Å²) < 4.78 is 40.6. The van der Waals surface area contributed by atoms with Crippen LogP contribution in [0.15, 0.2) is 57.9 Å². The Balaban J connectivity index is 2.19. The van der Waals surface area contributed by atoms with E-state index >= 15 is 0 Å². The second-order valence-electron chi connectivity index (χ2n) is 4.35. The highest BCUT2D eigenvalue weighted by molar-refractivity contribution is 9.10. The lowest BCUT2D eigenvalue weighted by Crippen LogP contribution is -2.26. The molecular weight excluding hydrogens is 345 g/mol. The summed E-state index contributed by atoms with van der Waals surface area (Å²) >= 11 is 3.33. The van der Waals surface area contributed by atoms with Crippen LogP contribution >= 0.6 is 15.9 Å². The van der Waals surface area contributed by atoms with Crippen molar-refractivity contribution >= 4 is 26.0 Å². The molecule has 0 unspecified atom stereocenters. The largest absolute Gasteiger partial charge is 0.241 e. The average molecular weight is 358 g/mol. The molecule has 3 nitrogen and oxygen atoms in total. The molecule has 0 amide bonds. The van der Waals surface area contributed by atoms with Gasteiger partial charge in [0.15, 0.2) is 0 Å². The summed E-state index contributed by atoms with van der Waals surface area (Å²) in [6.07, 6.45) is 0. The minimum atomic E-state index is -3.66. The first-order valence-electron chi connectivity index (χ1n) is 5.92. The third kappa shape index (κ3) is 3.65. The van der Waals surface area contributed by atoms with E-state index in [1.165, 1.54) is 12.1 Å². The summed E-state index contributed by atoms with van der Waals surface area (Å²) in [7, 11) is -3.66. The molecule has 0 aromatic heterocycles. The molecule has 6 heteroatoms. The molecule has 0 heterocycles. The van der Waals surface area contributed by atoms with E-state index in [1.54, 1.807) is 6.92 Å². The van der Waals surface area contributed by atoms with Gasteiger partial charge in [-0.1, -0.05) is 28.1 Å². The Hall–Kier alpha value is -1.24. The Morgan fingerprint density at radius 3 is 2.15 bits per heavy atom. The van der Waals surface area contributed by atoms with E-state index in [4.69, 9.17) is 0 Å². The van der Waals surface area contributed by atoms with Crippen LogP contribution in [-0.4, -0.2) is 8.42 Å². The molecule has 0 fully saturated rings. The van der Waals surface area contributed by atoms with E-state index in [-0.39, 0.29) is 10.9 Å². The van der Waals surface area contributed by atoms with Crippen molar-refractivity contribution in [3.05, 3.63) is 64.4 Å². The van der Waals surface area contributed by atoms with Gasteiger partial charge in [0.05, 0.1) is 4.90 Å². The summed E-state index contributed by atoms with van der Waals surface area (Å²) in [6.45, 7) is 1.75. The van der Waals surface area contributed by atoms with Gasteiger partial charge in [-0.25, -0.2) is 17.5 Å². The summed E-state index contributed by atoms with van der Waals surface area (Å²) in [5.41, 5.74) is 0.846. The van der Waals surface area contributed by atoms with Crippen LogP contribution in [-0.2, 0) is 10.0 Å². The molecule has 0 spiro atoms. The maximum absolute atomic E-state index is 12.8. The number of sulfonamides is 1. The van der Waals surface area contributed by atoms with Crippen LogP contribution in [0.4, 0.5) is 4.39 Å². The van der Waals surface area contributed by atoms with Crippen molar-refractivity contribution in [1.29, 1.82) is 0 Å². The van der Waals surface area contributed by atoms with E-state index < -0.39 is 15.8 Å². The van der Waals surface area contributed by atoms with Gasteiger partial charge in [0.2, 0.25) is 10.0 Å². The number of hydrogen-bond donors (Lipinski definition) is 1. The summed E-state index contributed by atoms with van der Waals surface area (Å²) in [5, 5.41) is 0. The number of rotatable bonds is 4. The Bertz CT molecular complexity index is 684. The first kappa shape index (κ1) is 15.2. The Morgan fingerprint density at radius 1 is 1.05 bits per heavy atom. The van der Waals surface area contributed by atoms with E-state index in [2.05, 4.69) is 20.7 Å². The highest BCUT2D eigenvalue weighted by Crippen LogP contribution is 2.19. The van der Waals surface area contributed by atoms with Crippen molar-refractivity contribution in [1.82, 2.24) is 4.72 Å². The predicted molar refractivity (Wildman–Crippen MR) is 79.3 cm³/mol. The van der Waals surface area contributed by atoms with Gasteiger partial charge in [-0.05, 0) is 48.9 Å². The lowest BCUT2D eigenvalue weighted by Gasteiger charge is -2.14. The fraction of sp³-hybridized carbons (Fsp3) is 0.143. The SMILES string of the molecule is C[C@H](NS(=O)(=O)c1ccc(F)cc1)c1ccc(Br)cc1. The standard InChI is InChI=1S/C14H13BrFNO2S/c1-10(11-2-4-12(15)5-3-11)17-20(18,19)14-8-6-13(16)7-9-14/h2-10,17H,1H3/t10-/m0/s1. The van der Waals surface area contributed by atoms with Crippen molar-refractivity contribution in [2.24, 2.45) is 0 Å². The average Bonchev–Trinajstić information content (AvgIpc) is 2.39. The maximum atomic E-state index is 12.8. The molecule has 20 heavy (non-hydrogen) atoms. The normalized spacial score (nSPS) is 13.2. The Morgan fingerprint density at radius 2 is 1.60 bits per heavy atom.